The zero-order valence-electron chi connectivity index (χ0n) is 19.5. The van der Waals surface area contributed by atoms with Crippen LogP contribution in [0.25, 0.3) is 0 Å². The number of amides is 3. The zero-order valence-corrected chi connectivity index (χ0v) is 19.5. The number of methoxy groups -OCH3 is 2. The summed E-state index contributed by atoms with van der Waals surface area (Å²) >= 11 is 0. The molecular weight excluding hydrogens is 468 g/mol. The Bertz CT molecular complexity index is 1220. The molecule has 0 saturated carbocycles. The average molecular weight is 492 g/mol. The molecule has 0 heterocycles. The van der Waals surface area contributed by atoms with Gasteiger partial charge in [-0.15, -0.1) is 4.99 Å². The summed E-state index contributed by atoms with van der Waals surface area (Å²) in [5, 5.41) is 7.78. The van der Waals surface area contributed by atoms with Gasteiger partial charge in [0.05, 0.1) is 25.6 Å². The van der Waals surface area contributed by atoms with Crippen LogP contribution in [-0.4, -0.2) is 44.9 Å². The molecule has 0 aliphatic heterocycles. The maximum atomic E-state index is 12.6. The molecule has 3 rings (SSSR count). The summed E-state index contributed by atoms with van der Waals surface area (Å²) in [5.74, 6) is 0.755. The number of hydrogen-bond acceptors (Lipinski definition) is 7. The van der Waals surface area contributed by atoms with Crippen molar-refractivity contribution in [1.82, 2.24) is 5.32 Å². The molecule has 186 valence electrons. The first-order valence-electron chi connectivity index (χ1n) is 10.6. The van der Waals surface area contributed by atoms with Gasteiger partial charge in [0.15, 0.2) is 6.61 Å². The van der Waals surface area contributed by atoms with Gasteiger partial charge < -0.3 is 29.6 Å². The Morgan fingerprint density at radius 1 is 0.750 bits per heavy atom. The van der Waals surface area contributed by atoms with Crippen LogP contribution >= 0.6 is 0 Å². The fourth-order valence-electron chi connectivity index (χ4n) is 2.78. The molecule has 0 bridgehead atoms. The molecule has 11 heteroatoms. The van der Waals surface area contributed by atoms with Crippen molar-refractivity contribution in [3.05, 3.63) is 78.9 Å². The first-order chi connectivity index (χ1) is 17.5. The number of carbonyl (C=O) groups excluding carboxylic acids is 3. The van der Waals surface area contributed by atoms with Crippen molar-refractivity contribution in [3.63, 3.8) is 0 Å². The van der Waals surface area contributed by atoms with E-state index in [4.69, 9.17) is 9.47 Å². The van der Waals surface area contributed by atoms with Gasteiger partial charge in [-0.3, -0.25) is 10.1 Å². The van der Waals surface area contributed by atoms with Crippen LogP contribution in [-0.2, 0) is 14.3 Å². The molecular formula is C25H24N4O7. The lowest BCUT2D eigenvalue weighted by Crippen LogP contribution is -2.37. The van der Waals surface area contributed by atoms with Crippen LogP contribution < -0.4 is 25.4 Å². The number of alkyl carbamates (subject to hydrolysis) is 1. The summed E-state index contributed by atoms with van der Waals surface area (Å²) in [6, 6.07) is 22.7. The van der Waals surface area contributed by atoms with Gasteiger partial charge in [-0.05, 0) is 36.4 Å². The summed E-state index contributed by atoms with van der Waals surface area (Å²) in [5.41, 5.74) is 0.539. The van der Waals surface area contributed by atoms with Crippen LogP contribution in [0.3, 0.4) is 0 Å². The molecule has 0 aliphatic rings. The number of para-hydroxylation sites is 2. The largest absolute Gasteiger partial charge is 0.484 e. The molecule has 3 N–H and O–H groups in total. The van der Waals surface area contributed by atoms with E-state index in [0.717, 1.165) is 14.2 Å². The molecule has 36 heavy (non-hydrogen) atoms. The lowest BCUT2D eigenvalue weighted by atomic mass is 10.2. The molecule has 0 fully saturated rings. The molecule has 0 aliphatic carbocycles. The van der Waals surface area contributed by atoms with Crippen LogP contribution in [0.2, 0.25) is 0 Å². The standard InChI is InChI=1S/C25H24N4O7/c1-33-24(31)28-23(29-25(32)34-2)27-21-15-19(36-18-11-7-4-8-12-18)13-14-20(21)26-22(30)16-35-17-9-5-3-6-10-17/h3-15H,16H2,1-2H3,(H,26,30)(H2,27,28,29,31,32). The first-order valence-corrected chi connectivity index (χ1v) is 10.6. The van der Waals surface area contributed by atoms with Crippen molar-refractivity contribution >= 4 is 35.4 Å². The van der Waals surface area contributed by atoms with E-state index in [2.05, 4.69) is 30.4 Å². The van der Waals surface area contributed by atoms with Gasteiger partial charge in [0.2, 0.25) is 5.96 Å². The maximum Gasteiger partial charge on any atom is 0.436 e. The van der Waals surface area contributed by atoms with Crippen LogP contribution in [0.15, 0.2) is 83.9 Å². The number of anilines is 2. The number of aliphatic imine (C=N–C) groups is 1. The number of rotatable bonds is 7. The average Bonchev–Trinajstić information content (AvgIpc) is 2.90. The molecule has 3 amide bonds. The molecule has 0 aromatic heterocycles. The summed E-state index contributed by atoms with van der Waals surface area (Å²) in [6.45, 7) is -0.255. The van der Waals surface area contributed by atoms with E-state index in [1.54, 1.807) is 54.6 Å². The van der Waals surface area contributed by atoms with Gasteiger partial charge in [-0.25, -0.2) is 9.59 Å². The molecule has 0 unspecified atom stereocenters. The van der Waals surface area contributed by atoms with Gasteiger partial charge in [0, 0.05) is 6.07 Å². The van der Waals surface area contributed by atoms with Gasteiger partial charge in [-0.2, -0.15) is 0 Å². The van der Waals surface area contributed by atoms with E-state index in [9.17, 15) is 14.4 Å². The van der Waals surface area contributed by atoms with Gasteiger partial charge in [-0.1, -0.05) is 36.4 Å². The Kier molecular flexibility index (Phi) is 9.22. The van der Waals surface area contributed by atoms with E-state index in [1.165, 1.54) is 0 Å². The molecule has 0 radical (unpaired) electrons. The second-order valence-electron chi connectivity index (χ2n) is 6.94. The highest BCUT2D eigenvalue weighted by atomic mass is 16.5. The SMILES string of the molecule is COC(=O)/N=C(/NC(=O)OC)Nc1cc(Oc2ccccc2)ccc1NC(=O)COc1ccccc1. The third-order valence-corrected chi connectivity index (χ3v) is 4.39. The van der Waals surface area contributed by atoms with Crippen molar-refractivity contribution in [2.24, 2.45) is 4.99 Å². The third-order valence-electron chi connectivity index (χ3n) is 4.39. The van der Waals surface area contributed by atoms with Crippen molar-refractivity contribution in [1.29, 1.82) is 0 Å². The monoisotopic (exact) mass is 492 g/mol. The highest BCUT2D eigenvalue weighted by molar-refractivity contribution is 6.08. The fraction of sp³-hybridized carbons (Fsp3) is 0.120. The predicted octanol–water partition coefficient (Wildman–Crippen LogP) is 4.39. The minimum atomic E-state index is -0.979. The van der Waals surface area contributed by atoms with Gasteiger partial charge in [0.25, 0.3) is 5.91 Å². The predicted molar refractivity (Wildman–Crippen MR) is 133 cm³/mol. The second kappa shape index (κ2) is 13.0. The Balaban J connectivity index is 1.85. The van der Waals surface area contributed by atoms with Crippen LogP contribution in [0.5, 0.6) is 17.2 Å². The molecule has 0 atom stereocenters. The minimum Gasteiger partial charge on any atom is -0.484 e. The number of nitrogens with zero attached hydrogens (tertiary/aromatic N) is 1. The summed E-state index contributed by atoms with van der Waals surface area (Å²) in [4.78, 5) is 39.7. The molecule has 3 aromatic rings. The summed E-state index contributed by atoms with van der Waals surface area (Å²) < 4.78 is 20.4. The number of ether oxygens (including phenoxy) is 4. The summed E-state index contributed by atoms with van der Waals surface area (Å²) in [6.07, 6.45) is -1.86. The van der Waals surface area contributed by atoms with Crippen molar-refractivity contribution in [2.75, 3.05) is 31.5 Å². The lowest BCUT2D eigenvalue weighted by Gasteiger charge is -2.16. The Labute approximate surface area is 207 Å². The minimum absolute atomic E-state index is 0.246. The molecule has 0 saturated heterocycles. The highest BCUT2D eigenvalue weighted by Crippen LogP contribution is 2.30. The summed E-state index contributed by atoms with van der Waals surface area (Å²) in [7, 11) is 2.28. The number of benzene rings is 3. The Hall–Kier alpha value is -5.06. The Morgan fingerprint density at radius 3 is 2.06 bits per heavy atom. The number of guanidine groups is 1. The topological polar surface area (TPSA) is 137 Å². The van der Waals surface area contributed by atoms with E-state index < -0.39 is 18.1 Å². The van der Waals surface area contributed by atoms with Crippen LogP contribution in [0.4, 0.5) is 21.0 Å². The molecule has 3 aromatic carbocycles. The Morgan fingerprint density at radius 2 is 1.42 bits per heavy atom. The number of hydrogen-bond donors (Lipinski definition) is 3. The van der Waals surface area contributed by atoms with Crippen molar-refractivity contribution in [3.8, 4) is 17.2 Å². The maximum absolute atomic E-state index is 12.6. The second-order valence-corrected chi connectivity index (χ2v) is 6.94. The van der Waals surface area contributed by atoms with E-state index in [-0.39, 0.29) is 18.3 Å². The number of nitrogens with one attached hydrogen (secondary N) is 3. The normalized spacial score (nSPS) is 10.6. The van der Waals surface area contributed by atoms with Gasteiger partial charge in [0.1, 0.15) is 17.2 Å². The smallest absolute Gasteiger partial charge is 0.436 e. The molecule has 0 spiro atoms. The first kappa shape index (κ1) is 25.6. The van der Waals surface area contributed by atoms with Crippen molar-refractivity contribution < 1.29 is 33.3 Å². The number of carbonyl (C=O) groups is 3. The third kappa shape index (κ3) is 8.06. The van der Waals surface area contributed by atoms with E-state index in [0.29, 0.717) is 22.9 Å². The van der Waals surface area contributed by atoms with Crippen LogP contribution in [0, 0.1) is 0 Å². The highest BCUT2D eigenvalue weighted by Gasteiger charge is 2.15. The van der Waals surface area contributed by atoms with Crippen LogP contribution in [0.1, 0.15) is 0 Å². The van der Waals surface area contributed by atoms with Crippen molar-refractivity contribution in [2.45, 2.75) is 0 Å². The quantitative estimate of drug-likeness (QED) is 0.326. The zero-order chi connectivity index (χ0) is 25.8. The molecule has 11 nitrogen and oxygen atoms in total. The fourth-order valence-corrected chi connectivity index (χ4v) is 2.78. The van der Waals surface area contributed by atoms with E-state index >= 15 is 0 Å². The van der Waals surface area contributed by atoms with E-state index in [1.807, 2.05) is 24.3 Å². The van der Waals surface area contributed by atoms with Gasteiger partial charge >= 0.3 is 12.2 Å². The lowest BCUT2D eigenvalue weighted by molar-refractivity contribution is -0.118.